The van der Waals surface area contributed by atoms with Crippen molar-refractivity contribution < 1.29 is 8.78 Å². The van der Waals surface area contributed by atoms with Gasteiger partial charge in [0.15, 0.2) is 0 Å². The summed E-state index contributed by atoms with van der Waals surface area (Å²) in [5.41, 5.74) is 1.17. The predicted octanol–water partition coefficient (Wildman–Crippen LogP) is 2.43. The van der Waals surface area contributed by atoms with E-state index < -0.39 is 11.6 Å². The molecule has 1 atom stereocenters. The Morgan fingerprint density at radius 2 is 2.13 bits per heavy atom. The molecule has 0 saturated carbocycles. The van der Waals surface area contributed by atoms with Gasteiger partial charge >= 0.3 is 0 Å². The Kier molecular flexibility index (Phi) is 3.00. The monoisotopic (exact) mass is 211 g/mol. The highest BCUT2D eigenvalue weighted by molar-refractivity contribution is 5.26. The van der Waals surface area contributed by atoms with Crippen molar-refractivity contribution in [3.63, 3.8) is 0 Å². The molecular weight excluding hydrogens is 196 g/mol. The van der Waals surface area contributed by atoms with Gasteiger partial charge in [0.05, 0.1) is 0 Å². The first kappa shape index (κ1) is 10.6. The standard InChI is InChI=1S/C12H15F2N/c1-8-4-10(12(14)6-11(8)13)5-9-2-3-15-7-9/h4,6,9,15H,2-3,5,7H2,1H3. The molecule has 0 radical (unpaired) electrons. The predicted molar refractivity (Wildman–Crippen MR) is 55.8 cm³/mol. The third kappa shape index (κ3) is 2.34. The number of nitrogens with one attached hydrogen (secondary N) is 1. The van der Waals surface area contributed by atoms with Gasteiger partial charge in [-0.15, -0.1) is 0 Å². The minimum Gasteiger partial charge on any atom is -0.316 e. The lowest BCUT2D eigenvalue weighted by molar-refractivity contribution is 0.530. The van der Waals surface area contributed by atoms with Gasteiger partial charge in [0.1, 0.15) is 11.6 Å². The van der Waals surface area contributed by atoms with Gasteiger partial charge in [0.25, 0.3) is 0 Å². The zero-order valence-electron chi connectivity index (χ0n) is 8.82. The van der Waals surface area contributed by atoms with Crippen LogP contribution >= 0.6 is 0 Å². The molecule has 1 aliphatic rings. The third-order valence-electron chi connectivity index (χ3n) is 3.00. The minimum absolute atomic E-state index is 0.412. The Hall–Kier alpha value is -0.960. The van der Waals surface area contributed by atoms with E-state index in [-0.39, 0.29) is 0 Å². The van der Waals surface area contributed by atoms with Gasteiger partial charge in [0, 0.05) is 6.07 Å². The van der Waals surface area contributed by atoms with E-state index in [0.717, 1.165) is 25.6 Å². The fraction of sp³-hybridized carbons (Fsp3) is 0.500. The van der Waals surface area contributed by atoms with Gasteiger partial charge in [-0.25, -0.2) is 8.78 Å². The molecule has 0 aromatic heterocycles. The quantitative estimate of drug-likeness (QED) is 0.792. The van der Waals surface area contributed by atoms with E-state index in [1.165, 1.54) is 0 Å². The van der Waals surface area contributed by atoms with Crippen molar-refractivity contribution >= 4 is 0 Å². The van der Waals surface area contributed by atoms with Gasteiger partial charge in [-0.3, -0.25) is 0 Å². The summed E-state index contributed by atoms with van der Waals surface area (Å²) < 4.78 is 26.4. The van der Waals surface area contributed by atoms with Crippen LogP contribution in [-0.2, 0) is 6.42 Å². The summed E-state index contributed by atoms with van der Waals surface area (Å²) >= 11 is 0. The molecule has 1 N–H and O–H groups in total. The molecule has 1 aromatic rings. The lowest BCUT2D eigenvalue weighted by atomic mass is 9.97. The molecule has 1 fully saturated rings. The van der Waals surface area contributed by atoms with Crippen LogP contribution in [-0.4, -0.2) is 13.1 Å². The number of halogens is 2. The normalized spacial score (nSPS) is 20.9. The molecule has 1 heterocycles. The average molecular weight is 211 g/mol. The first-order valence-electron chi connectivity index (χ1n) is 5.32. The molecule has 1 aromatic carbocycles. The van der Waals surface area contributed by atoms with Crippen LogP contribution in [0.3, 0.4) is 0 Å². The van der Waals surface area contributed by atoms with E-state index in [1.54, 1.807) is 13.0 Å². The lowest BCUT2D eigenvalue weighted by Crippen LogP contribution is -2.11. The van der Waals surface area contributed by atoms with Crippen LogP contribution < -0.4 is 5.32 Å². The molecule has 2 rings (SSSR count). The third-order valence-corrected chi connectivity index (χ3v) is 3.00. The van der Waals surface area contributed by atoms with Crippen molar-refractivity contribution in [1.29, 1.82) is 0 Å². The Labute approximate surface area is 88.5 Å². The Bertz CT molecular complexity index is 357. The summed E-state index contributed by atoms with van der Waals surface area (Å²) in [6.07, 6.45) is 1.79. The summed E-state index contributed by atoms with van der Waals surface area (Å²) in [5, 5.41) is 3.24. The van der Waals surface area contributed by atoms with Crippen LogP contribution in [0.15, 0.2) is 12.1 Å². The van der Waals surface area contributed by atoms with Gasteiger partial charge in [-0.1, -0.05) is 6.07 Å². The maximum Gasteiger partial charge on any atom is 0.129 e. The van der Waals surface area contributed by atoms with Crippen LogP contribution in [0, 0.1) is 24.5 Å². The molecule has 15 heavy (non-hydrogen) atoms. The van der Waals surface area contributed by atoms with Crippen molar-refractivity contribution in [1.82, 2.24) is 5.32 Å². The molecular formula is C12H15F2N. The average Bonchev–Trinajstić information content (AvgIpc) is 2.67. The SMILES string of the molecule is Cc1cc(CC2CCNC2)c(F)cc1F. The molecule has 0 bridgehead atoms. The summed E-state index contributed by atoms with van der Waals surface area (Å²) in [5.74, 6) is -0.379. The van der Waals surface area contributed by atoms with E-state index in [1.807, 2.05) is 0 Å². The van der Waals surface area contributed by atoms with Crippen LogP contribution in [0.4, 0.5) is 8.78 Å². The smallest absolute Gasteiger partial charge is 0.129 e. The highest BCUT2D eigenvalue weighted by Gasteiger charge is 2.17. The molecule has 1 unspecified atom stereocenters. The first-order valence-corrected chi connectivity index (χ1v) is 5.32. The molecule has 0 aliphatic carbocycles. The zero-order valence-corrected chi connectivity index (χ0v) is 8.82. The number of hydrogen-bond acceptors (Lipinski definition) is 1. The molecule has 82 valence electrons. The maximum atomic E-state index is 13.4. The molecule has 3 heteroatoms. The van der Waals surface area contributed by atoms with E-state index in [2.05, 4.69) is 5.32 Å². The molecule has 1 aliphatic heterocycles. The fourth-order valence-electron chi connectivity index (χ4n) is 2.07. The van der Waals surface area contributed by atoms with Crippen LogP contribution in [0.1, 0.15) is 17.5 Å². The Morgan fingerprint density at radius 1 is 1.33 bits per heavy atom. The second kappa shape index (κ2) is 4.27. The van der Waals surface area contributed by atoms with E-state index in [4.69, 9.17) is 0 Å². The second-order valence-corrected chi connectivity index (χ2v) is 4.26. The highest BCUT2D eigenvalue weighted by atomic mass is 19.1. The minimum atomic E-state index is -0.458. The summed E-state index contributed by atoms with van der Waals surface area (Å²) in [4.78, 5) is 0. The van der Waals surface area contributed by atoms with Gasteiger partial charge < -0.3 is 5.32 Å². The van der Waals surface area contributed by atoms with Crippen molar-refractivity contribution in [3.8, 4) is 0 Å². The van der Waals surface area contributed by atoms with E-state index in [0.29, 0.717) is 23.5 Å². The Balaban J connectivity index is 2.16. The second-order valence-electron chi connectivity index (χ2n) is 4.26. The highest BCUT2D eigenvalue weighted by Crippen LogP contribution is 2.20. The number of aryl methyl sites for hydroxylation is 1. The molecule has 0 spiro atoms. The van der Waals surface area contributed by atoms with Gasteiger partial charge in [-0.05, 0) is 49.9 Å². The zero-order chi connectivity index (χ0) is 10.8. The number of rotatable bonds is 2. The van der Waals surface area contributed by atoms with Crippen molar-refractivity contribution in [2.45, 2.75) is 19.8 Å². The largest absolute Gasteiger partial charge is 0.316 e. The van der Waals surface area contributed by atoms with Crippen LogP contribution in [0.25, 0.3) is 0 Å². The summed E-state index contributed by atoms with van der Waals surface area (Å²) in [6, 6.07) is 2.62. The Morgan fingerprint density at radius 3 is 2.80 bits per heavy atom. The van der Waals surface area contributed by atoms with Crippen molar-refractivity contribution in [3.05, 3.63) is 34.9 Å². The van der Waals surface area contributed by atoms with Crippen molar-refractivity contribution in [2.24, 2.45) is 5.92 Å². The van der Waals surface area contributed by atoms with Crippen molar-refractivity contribution in [2.75, 3.05) is 13.1 Å². The number of benzene rings is 1. The van der Waals surface area contributed by atoms with E-state index >= 15 is 0 Å². The van der Waals surface area contributed by atoms with Crippen LogP contribution in [0.2, 0.25) is 0 Å². The first-order chi connectivity index (χ1) is 7.16. The fourth-order valence-corrected chi connectivity index (χ4v) is 2.07. The molecule has 0 amide bonds. The van der Waals surface area contributed by atoms with Crippen LogP contribution in [0.5, 0.6) is 0 Å². The lowest BCUT2D eigenvalue weighted by Gasteiger charge is -2.10. The van der Waals surface area contributed by atoms with Gasteiger partial charge in [-0.2, -0.15) is 0 Å². The summed E-state index contributed by atoms with van der Waals surface area (Å²) in [6.45, 7) is 3.62. The molecule has 1 saturated heterocycles. The molecule has 1 nitrogen and oxygen atoms in total. The topological polar surface area (TPSA) is 12.0 Å². The van der Waals surface area contributed by atoms with E-state index in [9.17, 15) is 8.78 Å². The number of hydrogen-bond donors (Lipinski definition) is 1. The maximum absolute atomic E-state index is 13.4. The van der Waals surface area contributed by atoms with Gasteiger partial charge in [0.2, 0.25) is 0 Å². The summed E-state index contributed by atoms with van der Waals surface area (Å²) in [7, 11) is 0.